The first-order valence-corrected chi connectivity index (χ1v) is 7.66. The van der Waals surface area contributed by atoms with Crippen LogP contribution in [0.15, 0.2) is 48.5 Å². The van der Waals surface area contributed by atoms with Gasteiger partial charge >= 0.3 is 0 Å². The number of amides is 2. The fourth-order valence-electron chi connectivity index (χ4n) is 1.79. The smallest absolute Gasteiger partial charge is 0.262 e. The Morgan fingerprint density at radius 3 is 2.38 bits per heavy atom. The average molecular weight is 367 g/mol. The first-order valence-electron chi connectivity index (χ1n) is 6.90. The maximum atomic E-state index is 12.8. The van der Waals surface area contributed by atoms with Gasteiger partial charge in [-0.05, 0) is 41.5 Å². The van der Waals surface area contributed by atoms with Gasteiger partial charge in [0.2, 0.25) is 5.91 Å². The highest BCUT2D eigenvalue weighted by atomic mass is 35.5. The molecule has 24 heavy (non-hydrogen) atoms. The molecule has 7 heteroatoms. The summed E-state index contributed by atoms with van der Waals surface area (Å²) in [7, 11) is 0. The quantitative estimate of drug-likeness (QED) is 0.642. The molecule has 0 saturated heterocycles. The molecule has 0 spiro atoms. The molecule has 2 aromatic carbocycles. The van der Waals surface area contributed by atoms with E-state index in [-0.39, 0.29) is 12.2 Å². The Morgan fingerprint density at radius 1 is 1.00 bits per heavy atom. The summed E-state index contributed by atoms with van der Waals surface area (Å²) in [6, 6.07) is 10.5. The zero-order valence-corrected chi connectivity index (χ0v) is 13.9. The van der Waals surface area contributed by atoms with Crippen molar-refractivity contribution in [3.05, 3.63) is 75.5 Å². The summed E-state index contributed by atoms with van der Waals surface area (Å²) in [4.78, 5) is 23.3. The van der Waals surface area contributed by atoms with E-state index in [2.05, 4.69) is 10.9 Å². The van der Waals surface area contributed by atoms with Crippen LogP contribution in [-0.2, 0) is 16.0 Å². The van der Waals surface area contributed by atoms with Crippen molar-refractivity contribution < 1.29 is 14.0 Å². The summed E-state index contributed by atoms with van der Waals surface area (Å²) in [5.74, 6) is -1.30. The molecule has 0 saturated carbocycles. The molecule has 4 nitrogen and oxygen atoms in total. The molecule has 0 atom stereocenters. The molecule has 0 fully saturated rings. The maximum Gasteiger partial charge on any atom is 0.262 e. The molecule has 2 N–H and O–H groups in total. The van der Waals surface area contributed by atoms with Crippen molar-refractivity contribution in [1.29, 1.82) is 0 Å². The van der Waals surface area contributed by atoms with Gasteiger partial charge in [0.05, 0.1) is 16.5 Å². The highest BCUT2D eigenvalue weighted by molar-refractivity contribution is 6.42. The fourth-order valence-corrected chi connectivity index (χ4v) is 2.10. The second kappa shape index (κ2) is 8.47. The predicted octanol–water partition coefficient (Wildman–Crippen LogP) is 3.54. The zero-order valence-electron chi connectivity index (χ0n) is 12.4. The van der Waals surface area contributed by atoms with Gasteiger partial charge in [-0.25, -0.2) is 4.39 Å². The second-order valence-corrected chi connectivity index (χ2v) is 5.66. The molecule has 0 aliphatic carbocycles. The highest BCUT2D eigenvalue weighted by Crippen LogP contribution is 2.23. The van der Waals surface area contributed by atoms with Crippen molar-refractivity contribution >= 4 is 41.1 Å². The number of hydrogen-bond acceptors (Lipinski definition) is 2. The monoisotopic (exact) mass is 366 g/mol. The number of nitrogens with one attached hydrogen (secondary N) is 2. The number of benzene rings is 2. The first kappa shape index (κ1) is 18.0. The number of halogens is 3. The van der Waals surface area contributed by atoms with Gasteiger partial charge in [-0.2, -0.15) is 0 Å². The minimum absolute atomic E-state index is 0.0249. The van der Waals surface area contributed by atoms with Crippen molar-refractivity contribution in [2.75, 3.05) is 0 Å². The molecule has 0 unspecified atom stereocenters. The van der Waals surface area contributed by atoms with Gasteiger partial charge in [0.25, 0.3) is 5.91 Å². The molecule has 0 bridgehead atoms. The van der Waals surface area contributed by atoms with Crippen LogP contribution in [0.25, 0.3) is 6.08 Å². The van der Waals surface area contributed by atoms with Crippen LogP contribution in [0.2, 0.25) is 10.0 Å². The Kier molecular flexibility index (Phi) is 6.35. The molecule has 0 radical (unpaired) electrons. The molecule has 2 amide bonds. The summed E-state index contributed by atoms with van der Waals surface area (Å²) < 4.78 is 12.8. The van der Waals surface area contributed by atoms with E-state index in [0.717, 1.165) is 0 Å². The van der Waals surface area contributed by atoms with Crippen LogP contribution < -0.4 is 10.9 Å². The molecule has 0 heterocycles. The van der Waals surface area contributed by atoms with Gasteiger partial charge < -0.3 is 0 Å². The number of hydrogen-bond donors (Lipinski definition) is 2. The molecule has 2 rings (SSSR count). The van der Waals surface area contributed by atoms with Crippen LogP contribution in [0.3, 0.4) is 0 Å². The third-order valence-corrected chi connectivity index (χ3v) is 3.71. The Balaban J connectivity index is 1.81. The van der Waals surface area contributed by atoms with Crippen LogP contribution in [0.4, 0.5) is 4.39 Å². The third-order valence-electron chi connectivity index (χ3n) is 2.97. The van der Waals surface area contributed by atoms with E-state index in [1.165, 1.54) is 36.4 Å². The molecule has 124 valence electrons. The maximum absolute atomic E-state index is 12.8. The largest absolute Gasteiger partial charge is 0.273 e. The van der Waals surface area contributed by atoms with Crippen LogP contribution >= 0.6 is 23.2 Å². The molecular weight excluding hydrogens is 354 g/mol. The third kappa shape index (κ3) is 5.68. The van der Waals surface area contributed by atoms with Crippen LogP contribution in [-0.4, -0.2) is 11.8 Å². The highest BCUT2D eigenvalue weighted by Gasteiger charge is 2.04. The zero-order chi connectivity index (χ0) is 17.5. The SMILES string of the molecule is O=C(/C=C/c1ccc(Cl)c(Cl)c1)NNC(=O)Cc1ccc(F)cc1. The molecular formula is C17H13Cl2FN2O2. The van der Waals surface area contributed by atoms with Gasteiger partial charge in [0.15, 0.2) is 0 Å². The van der Waals surface area contributed by atoms with E-state index in [1.54, 1.807) is 18.2 Å². The Morgan fingerprint density at radius 2 is 1.71 bits per heavy atom. The lowest BCUT2D eigenvalue weighted by Gasteiger charge is -2.05. The van der Waals surface area contributed by atoms with E-state index in [1.807, 2.05) is 0 Å². The average Bonchev–Trinajstić information content (AvgIpc) is 2.56. The van der Waals surface area contributed by atoms with Gasteiger partial charge in [-0.1, -0.05) is 41.4 Å². The molecule has 0 aliphatic heterocycles. The van der Waals surface area contributed by atoms with Gasteiger partial charge in [-0.3, -0.25) is 20.4 Å². The number of carbonyl (C=O) groups is 2. The molecule has 0 aromatic heterocycles. The summed E-state index contributed by atoms with van der Waals surface area (Å²) >= 11 is 11.7. The topological polar surface area (TPSA) is 58.2 Å². The van der Waals surface area contributed by atoms with Crippen molar-refractivity contribution in [1.82, 2.24) is 10.9 Å². The fraction of sp³-hybridized carbons (Fsp3) is 0.0588. The second-order valence-electron chi connectivity index (χ2n) is 4.85. The number of carbonyl (C=O) groups excluding carboxylic acids is 2. The minimum Gasteiger partial charge on any atom is -0.273 e. The normalized spacial score (nSPS) is 10.6. The lowest BCUT2D eigenvalue weighted by atomic mass is 10.1. The van der Waals surface area contributed by atoms with E-state index >= 15 is 0 Å². The van der Waals surface area contributed by atoms with Crippen LogP contribution in [0.1, 0.15) is 11.1 Å². The lowest BCUT2D eigenvalue weighted by Crippen LogP contribution is -2.41. The molecule has 0 aliphatic rings. The van der Waals surface area contributed by atoms with Crippen molar-refractivity contribution in [3.8, 4) is 0 Å². The lowest BCUT2D eigenvalue weighted by molar-refractivity contribution is -0.126. The van der Waals surface area contributed by atoms with E-state index in [0.29, 0.717) is 21.2 Å². The van der Waals surface area contributed by atoms with Gasteiger partial charge in [-0.15, -0.1) is 0 Å². The van der Waals surface area contributed by atoms with Gasteiger partial charge in [0, 0.05) is 6.08 Å². The summed E-state index contributed by atoms with van der Waals surface area (Å²) in [5, 5.41) is 0.804. The standard InChI is InChI=1S/C17H13Cl2FN2O2/c18-14-7-3-11(9-15(14)19)4-8-16(23)21-22-17(24)10-12-1-5-13(20)6-2-12/h1-9H,10H2,(H,21,23)(H,22,24)/b8-4+. The number of rotatable bonds is 4. The van der Waals surface area contributed by atoms with Crippen LogP contribution in [0, 0.1) is 5.82 Å². The Hall–Kier alpha value is -2.37. The number of hydrazine groups is 1. The minimum atomic E-state index is -0.506. The van der Waals surface area contributed by atoms with E-state index < -0.39 is 11.8 Å². The predicted molar refractivity (Wildman–Crippen MR) is 91.9 cm³/mol. The van der Waals surface area contributed by atoms with E-state index in [4.69, 9.17) is 23.2 Å². The Labute approximate surface area is 148 Å². The van der Waals surface area contributed by atoms with Crippen molar-refractivity contribution in [2.45, 2.75) is 6.42 Å². The summed E-state index contributed by atoms with van der Waals surface area (Å²) in [6.45, 7) is 0. The molecule has 2 aromatic rings. The summed E-state index contributed by atoms with van der Waals surface area (Å²) in [6.07, 6.45) is 2.80. The van der Waals surface area contributed by atoms with Crippen molar-refractivity contribution in [2.24, 2.45) is 0 Å². The van der Waals surface area contributed by atoms with Gasteiger partial charge in [0.1, 0.15) is 5.82 Å². The van der Waals surface area contributed by atoms with Crippen LogP contribution in [0.5, 0.6) is 0 Å². The first-order chi connectivity index (χ1) is 11.4. The van der Waals surface area contributed by atoms with Crippen molar-refractivity contribution in [3.63, 3.8) is 0 Å². The van der Waals surface area contributed by atoms with E-state index in [9.17, 15) is 14.0 Å². The Bertz CT molecular complexity index is 777. The summed E-state index contributed by atoms with van der Waals surface area (Å²) in [5.41, 5.74) is 5.85.